The molecule has 0 aromatic heterocycles. The third kappa shape index (κ3) is 1.80. The Bertz CT molecular complexity index is 604. The molecule has 1 aliphatic heterocycles. The summed E-state index contributed by atoms with van der Waals surface area (Å²) in [5.74, 6) is 0.194. The third-order valence-electron chi connectivity index (χ3n) is 3.51. The predicted octanol–water partition coefficient (Wildman–Crippen LogP) is 3.08. The fourth-order valence-corrected chi connectivity index (χ4v) is 2.45. The fourth-order valence-electron chi connectivity index (χ4n) is 2.45. The first-order valence-electron chi connectivity index (χ1n) is 6.18. The van der Waals surface area contributed by atoms with E-state index < -0.39 is 0 Å². The summed E-state index contributed by atoms with van der Waals surface area (Å²) in [6, 6.07) is 16.3. The summed E-state index contributed by atoms with van der Waals surface area (Å²) in [7, 11) is 0. The number of aryl methyl sites for hydroxylation is 1. The summed E-state index contributed by atoms with van der Waals surface area (Å²) >= 11 is 0. The Balaban J connectivity index is 1.94. The SMILES string of the molecule is Cc1ccccc1CN1C(=O)Cc2ccccc21. The predicted molar refractivity (Wildman–Crippen MR) is 72.5 cm³/mol. The van der Waals surface area contributed by atoms with Gasteiger partial charge in [0.2, 0.25) is 5.91 Å². The van der Waals surface area contributed by atoms with Gasteiger partial charge in [-0.15, -0.1) is 0 Å². The molecule has 2 heteroatoms. The van der Waals surface area contributed by atoms with E-state index in [2.05, 4.69) is 19.1 Å². The summed E-state index contributed by atoms with van der Waals surface area (Å²) in [5, 5.41) is 0. The van der Waals surface area contributed by atoms with Crippen molar-refractivity contribution in [2.45, 2.75) is 19.9 Å². The van der Waals surface area contributed by atoms with Crippen molar-refractivity contribution in [1.29, 1.82) is 0 Å². The van der Waals surface area contributed by atoms with Gasteiger partial charge in [0.1, 0.15) is 0 Å². The van der Waals surface area contributed by atoms with E-state index in [1.165, 1.54) is 11.1 Å². The number of benzene rings is 2. The van der Waals surface area contributed by atoms with Gasteiger partial charge in [-0.05, 0) is 29.7 Å². The van der Waals surface area contributed by atoms with Gasteiger partial charge in [-0.2, -0.15) is 0 Å². The summed E-state index contributed by atoms with van der Waals surface area (Å²) < 4.78 is 0. The van der Waals surface area contributed by atoms with E-state index >= 15 is 0 Å². The molecule has 1 aliphatic rings. The van der Waals surface area contributed by atoms with Crippen molar-refractivity contribution in [3.63, 3.8) is 0 Å². The van der Waals surface area contributed by atoms with Gasteiger partial charge in [0.15, 0.2) is 0 Å². The average molecular weight is 237 g/mol. The number of carbonyl (C=O) groups excluding carboxylic acids is 1. The Morgan fingerprint density at radius 1 is 1.06 bits per heavy atom. The average Bonchev–Trinajstić information content (AvgIpc) is 2.69. The lowest BCUT2D eigenvalue weighted by Gasteiger charge is -2.18. The molecule has 0 radical (unpaired) electrons. The van der Waals surface area contributed by atoms with Gasteiger partial charge >= 0.3 is 0 Å². The van der Waals surface area contributed by atoms with Crippen LogP contribution in [0.2, 0.25) is 0 Å². The van der Waals surface area contributed by atoms with Gasteiger partial charge in [0.05, 0.1) is 13.0 Å². The molecule has 0 unspecified atom stereocenters. The van der Waals surface area contributed by atoms with Crippen molar-refractivity contribution < 1.29 is 4.79 Å². The van der Waals surface area contributed by atoms with E-state index in [1.54, 1.807) is 0 Å². The Morgan fingerprint density at radius 2 is 1.78 bits per heavy atom. The van der Waals surface area contributed by atoms with E-state index in [1.807, 2.05) is 41.3 Å². The second-order valence-electron chi connectivity index (χ2n) is 4.71. The lowest BCUT2D eigenvalue weighted by Crippen LogP contribution is -2.26. The van der Waals surface area contributed by atoms with E-state index in [0.29, 0.717) is 13.0 Å². The first kappa shape index (κ1) is 11.0. The highest BCUT2D eigenvalue weighted by Gasteiger charge is 2.26. The van der Waals surface area contributed by atoms with Crippen molar-refractivity contribution in [3.8, 4) is 0 Å². The van der Waals surface area contributed by atoms with E-state index in [0.717, 1.165) is 11.3 Å². The molecule has 0 saturated carbocycles. The molecule has 0 fully saturated rings. The largest absolute Gasteiger partial charge is 0.307 e. The van der Waals surface area contributed by atoms with Gasteiger partial charge in [0.25, 0.3) is 0 Å². The number of rotatable bonds is 2. The van der Waals surface area contributed by atoms with Crippen molar-refractivity contribution in [2.24, 2.45) is 0 Å². The Hall–Kier alpha value is -2.09. The van der Waals surface area contributed by atoms with Crippen LogP contribution in [-0.2, 0) is 17.8 Å². The molecule has 3 rings (SSSR count). The van der Waals surface area contributed by atoms with Gasteiger partial charge in [-0.3, -0.25) is 4.79 Å². The molecule has 0 bridgehead atoms. The Labute approximate surface area is 107 Å². The number of hydrogen-bond donors (Lipinski definition) is 0. The number of hydrogen-bond acceptors (Lipinski definition) is 1. The summed E-state index contributed by atoms with van der Waals surface area (Å²) in [6.07, 6.45) is 0.530. The van der Waals surface area contributed by atoms with Crippen molar-refractivity contribution >= 4 is 11.6 Å². The highest BCUT2D eigenvalue weighted by Crippen LogP contribution is 2.30. The van der Waals surface area contributed by atoms with Crippen LogP contribution in [0.5, 0.6) is 0 Å². The minimum Gasteiger partial charge on any atom is -0.307 e. The number of anilines is 1. The molecule has 0 spiro atoms. The smallest absolute Gasteiger partial charge is 0.231 e. The standard InChI is InChI=1S/C16H15NO/c1-12-6-2-3-8-14(12)11-17-15-9-5-4-7-13(15)10-16(17)18/h2-9H,10-11H2,1H3. The maximum absolute atomic E-state index is 12.1. The van der Waals surface area contributed by atoms with Crippen LogP contribution >= 0.6 is 0 Å². The molecule has 1 heterocycles. The number of nitrogens with zero attached hydrogens (tertiary/aromatic N) is 1. The van der Waals surface area contributed by atoms with Crippen molar-refractivity contribution in [3.05, 3.63) is 65.2 Å². The molecule has 1 amide bonds. The number of para-hydroxylation sites is 1. The Morgan fingerprint density at radius 3 is 2.61 bits per heavy atom. The van der Waals surface area contributed by atoms with Crippen LogP contribution in [0.3, 0.4) is 0 Å². The molecular formula is C16H15NO. The van der Waals surface area contributed by atoms with Crippen LogP contribution in [0.25, 0.3) is 0 Å². The maximum Gasteiger partial charge on any atom is 0.231 e. The monoisotopic (exact) mass is 237 g/mol. The zero-order valence-corrected chi connectivity index (χ0v) is 10.4. The Kier molecular flexibility index (Phi) is 2.63. The van der Waals surface area contributed by atoms with Gasteiger partial charge in [0, 0.05) is 5.69 Å². The molecule has 2 aromatic carbocycles. The highest BCUT2D eigenvalue weighted by molar-refractivity contribution is 6.01. The molecule has 0 saturated heterocycles. The lowest BCUT2D eigenvalue weighted by atomic mass is 10.1. The van der Waals surface area contributed by atoms with E-state index in [9.17, 15) is 4.79 Å². The van der Waals surface area contributed by atoms with Crippen molar-refractivity contribution in [1.82, 2.24) is 0 Å². The fraction of sp³-hybridized carbons (Fsp3) is 0.188. The van der Waals surface area contributed by atoms with Crippen LogP contribution in [0.4, 0.5) is 5.69 Å². The first-order valence-corrected chi connectivity index (χ1v) is 6.18. The van der Waals surface area contributed by atoms with E-state index in [4.69, 9.17) is 0 Å². The van der Waals surface area contributed by atoms with Crippen molar-refractivity contribution in [2.75, 3.05) is 4.90 Å². The summed E-state index contributed by atoms with van der Waals surface area (Å²) in [6.45, 7) is 2.75. The second kappa shape index (κ2) is 4.30. The summed E-state index contributed by atoms with van der Waals surface area (Å²) in [5.41, 5.74) is 4.64. The topological polar surface area (TPSA) is 20.3 Å². The number of amides is 1. The molecule has 0 atom stereocenters. The summed E-state index contributed by atoms with van der Waals surface area (Å²) in [4.78, 5) is 14.0. The molecule has 2 aromatic rings. The van der Waals surface area contributed by atoms with Crippen LogP contribution in [-0.4, -0.2) is 5.91 Å². The minimum absolute atomic E-state index is 0.194. The van der Waals surface area contributed by atoms with Gasteiger partial charge in [-0.1, -0.05) is 42.5 Å². The molecule has 0 aliphatic carbocycles. The minimum atomic E-state index is 0.194. The number of carbonyl (C=O) groups is 1. The maximum atomic E-state index is 12.1. The molecule has 2 nitrogen and oxygen atoms in total. The third-order valence-corrected chi connectivity index (χ3v) is 3.51. The first-order chi connectivity index (χ1) is 8.75. The zero-order valence-electron chi connectivity index (χ0n) is 10.4. The lowest BCUT2D eigenvalue weighted by molar-refractivity contribution is -0.117. The van der Waals surface area contributed by atoms with Crippen LogP contribution < -0.4 is 4.90 Å². The normalized spacial score (nSPS) is 13.8. The van der Waals surface area contributed by atoms with E-state index in [-0.39, 0.29) is 5.91 Å². The quantitative estimate of drug-likeness (QED) is 0.786. The zero-order chi connectivity index (χ0) is 12.5. The molecule has 0 N–H and O–H groups in total. The van der Waals surface area contributed by atoms with Crippen LogP contribution in [0, 0.1) is 6.92 Å². The second-order valence-corrected chi connectivity index (χ2v) is 4.71. The van der Waals surface area contributed by atoms with Gasteiger partial charge in [-0.25, -0.2) is 0 Å². The molecular weight excluding hydrogens is 222 g/mol. The van der Waals surface area contributed by atoms with Crippen LogP contribution in [0.15, 0.2) is 48.5 Å². The molecule has 90 valence electrons. The molecule has 18 heavy (non-hydrogen) atoms. The van der Waals surface area contributed by atoms with Crippen LogP contribution in [0.1, 0.15) is 16.7 Å². The van der Waals surface area contributed by atoms with Gasteiger partial charge < -0.3 is 4.90 Å². The number of fused-ring (bicyclic) bond motifs is 1. The highest BCUT2D eigenvalue weighted by atomic mass is 16.2.